The van der Waals surface area contributed by atoms with Crippen molar-refractivity contribution in [3.8, 4) is 5.75 Å². The standard InChI is InChI=1S/C18H28N2O/c1-4-13(2)21-18-7-5-6-15(12-18)20-16-8-9-17(20)11-14(10-16)19-3/h5-7,12-14,16-17,19H,4,8-11H2,1-3H3. The average Bonchev–Trinajstić information content (AvgIpc) is 2.77. The van der Waals surface area contributed by atoms with E-state index < -0.39 is 0 Å². The molecule has 0 radical (unpaired) electrons. The van der Waals surface area contributed by atoms with Crippen molar-refractivity contribution in [2.75, 3.05) is 11.9 Å². The summed E-state index contributed by atoms with van der Waals surface area (Å²) in [5.41, 5.74) is 1.35. The van der Waals surface area contributed by atoms with Gasteiger partial charge in [0, 0.05) is 29.9 Å². The molecule has 0 saturated carbocycles. The number of hydrogen-bond donors (Lipinski definition) is 1. The maximum absolute atomic E-state index is 5.99. The lowest BCUT2D eigenvalue weighted by atomic mass is 9.96. The normalized spacial score (nSPS) is 29.5. The van der Waals surface area contributed by atoms with Gasteiger partial charge in [-0.3, -0.25) is 0 Å². The van der Waals surface area contributed by atoms with Crippen LogP contribution in [0.25, 0.3) is 0 Å². The molecule has 0 spiro atoms. The molecular formula is C18H28N2O. The number of piperidine rings is 1. The van der Waals surface area contributed by atoms with E-state index in [1.165, 1.54) is 31.4 Å². The Morgan fingerprint density at radius 3 is 2.62 bits per heavy atom. The summed E-state index contributed by atoms with van der Waals surface area (Å²) in [5.74, 6) is 1.01. The van der Waals surface area contributed by atoms with E-state index in [9.17, 15) is 0 Å². The molecule has 0 aliphatic carbocycles. The lowest BCUT2D eigenvalue weighted by molar-refractivity contribution is 0.217. The first-order valence-electron chi connectivity index (χ1n) is 8.43. The number of ether oxygens (including phenoxy) is 1. The molecular weight excluding hydrogens is 260 g/mol. The van der Waals surface area contributed by atoms with Gasteiger partial charge in [0.15, 0.2) is 0 Å². The van der Waals surface area contributed by atoms with E-state index in [0.717, 1.165) is 12.2 Å². The summed E-state index contributed by atoms with van der Waals surface area (Å²) >= 11 is 0. The van der Waals surface area contributed by atoms with Gasteiger partial charge in [-0.2, -0.15) is 0 Å². The number of rotatable bonds is 5. The van der Waals surface area contributed by atoms with Crippen molar-refractivity contribution in [1.82, 2.24) is 5.32 Å². The zero-order chi connectivity index (χ0) is 14.8. The van der Waals surface area contributed by atoms with Crippen LogP contribution < -0.4 is 15.0 Å². The largest absolute Gasteiger partial charge is 0.491 e. The maximum atomic E-state index is 5.99. The number of hydrogen-bond acceptors (Lipinski definition) is 3. The molecule has 2 saturated heterocycles. The van der Waals surface area contributed by atoms with Gasteiger partial charge in [-0.1, -0.05) is 13.0 Å². The SMILES string of the molecule is CCC(C)Oc1cccc(N2C3CCC2CC(NC)C3)c1. The lowest BCUT2D eigenvalue weighted by Crippen LogP contribution is -2.48. The molecule has 21 heavy (non-hydrogen) atoms. The molecule has 2 bridgehead atoms. The van der Waals surface area contributed by atoms with E-state index in [2.05, 4.69) is 55.4 Å². The first kappa shape index (κ1) is 14.7. The summed E-state index contributed by atoms with van der Waals surface area (Å²) in [6, 6.07) is 10.8. The third-order valence-corrected chi connectivity index (χ3v) is 5.17. The Labute approximate surface area is 128 Å². The molecule has 1 aromatic carbocycles. The first-order chi connectivity index (χ1) is 10.2. The van der Waals surface area contributed by atoms with Gasteiger partial charge in [0.1, 0.15) is 5.75 Å². The van der Waals surface area contributed by atoms with Gasteiger partial charge in [-0.15, -0.1) is 0 Å². The molecule has 0 aromatic heterocycles. The summed E-state index contributed by atoms with van der Waals surface area (Å²) < 4.78 is 5.99. The quantitative estimate of drug-likeness (QED) is 0.896. The molecule has 2 heterocycles. The fourth-order valence-electron chi connectivity index (χ4n) is 3.87. The Bertz CT molecular complexity index is 462. The van der Waals surface area contributed by atoms with Crippen LogP contribution in [0, 0.1) is 0 Å². The van der Waals surface area contributed by atoms with Gasteiger partial charge < -0.3 is 15.0 Å². The van der Waals surface area contributed by atoms with Crippen LogP contribution >= 0.6 is 0 Å². The predicted octanol–water partition coefficient (Wildman–Crippen LogP) is 3.58. The summed E-state index contributed by atoms with van der Waals surface area (Å²) in [5, 5.41) is 3.47. The third kappa shape index (κ3) is 3.03. The van der Waals surface area contributed by atoms with Gasteiger partial charge in [-0.05, 0) is 58.2 Å². The molecule has 116 valence electrons. The second kappa shape index (κ2) is 6.27. The van der Waals surface area contributed by atoms with Crippen molar-refractivity contribution in [3.05, 3.63) is 24.3 Å². The van der Waals surface area contributed by atoms with Crippen LogP contribution in [0.5, 0.6) is 5.75 Å². The monoisotopic (exact) mass is 288 g/mol. The zero-order valence-electron chi connectivity index (χ0n) is 13.5. The number of benzene rings is 1. The molecule has 2 fully saturated rings. The van der Waals surface area contributed by atoms with Crippen LogP contribution in [-0.2, 0) is 0 Å². The van der Waals surface area contributed by atoms with E-state index in [4.69, 9.17) is 4.74 Å². The van der Waals surface area contributed by atoms with E-state index >= 15 is 0 Å². The summed E-state index contributed by atoms with van der Waals surface area (Å²) in [6.07, 6.45) is 6.53. The lowest BCUT2D eigenvalue weighted by Gasteiger charge is -2.40. The van der Waals surface area contributed by atoms with E-state index in [-0.39, 0.29) is 6.10 Å². The van der Waals surface area contributed by atoms with Crippen LogP contribution in [0.2, 0.25) is 0 Å². The molecule has 2 aliphatic heterocycles. The van der Waals surface area contributed by atoms with Gasteiger partial charge >= 0.3 is 0 Å². The van der Waals surface area contributed by atoms with Gasteiger partial charge in [0.2, 0.25) is 0 Å². The second-order valence-electron chi connectivity index (χ2n) is 6.58. The van der Waals surface area contributed by atoms with Crippen molar-refractivity contribution < 1.29 is 4.74 Å². The second-order valence-corrected chi connectivity index (χ2v) is 6.58. The van der Waals surface area contributed by atoms with Crippen molar-refractivity contribution in [1.29, 1.82) is 0 Å². The molecule has 0 amide bonds. The Balaban J connectivity index is 1.77. The van der Waals surface area contributed by atoms with E-state index in [1.54, 1.807) is 0 Å². The number of anilines is 1. The highest BCUT2D eigenvalue weighted by Gasteiger charge is 2.40. The summed E-state index contributed by atoms with van der Waals surface area (Å²) in [6.45, 7) is 4.30. The van der Waals surface area contributed by atoms with Crippen LogP contribution in [0.4, 0.5) is 5.69 Å². The van der Waals surface area contributed by atoms with E-state index in [0.29, 0.717) is 18.1 Å². The molecule has 3 nitrogen and oxygen atoms in total. The summed E-state index contributed by atoms with van der Waals surface area (Å²) in [4.78, 5) is 2.65. The van der Waals surface area contributed by atoms with Crippen LogP contribution in [0.15, 0.2) is 24.3 Å². The van der Waals surface area contributed by atoms with Gasteiger partial charge in [0.25, 0.3) is 0 Å². The Hall–Kier alpha value is -1.22. The minimum atomic E-state index is 0.284. The minimum absolute atomic E-state index is 0.284. The number of fused-ring (bicyclic) bond motifs is 2. The predicted molar refractivity (Wildman–Crippen MR) is 88.2 cm³/mol. The molecule has 3 rings (SSSR count). The highest BCUT2D eigenvalue weighted by atomic mass is 16.5. The topological polar surface area (TPSA) is 24.5 Å². The maximum Gasteiger partial charge on any atom is 0.121 e. The van der Waals surface area contributed by atoms with E-state index in [1.807, 2.05) is 0 Å². The van der Waals surface area contributed by atoms with Gasteiger partial charge in [-0.25, -0.2) is 0 Å². The fraction of sp³-hybridized carbons (Fsp3) is 0.667. The molecule has 3 atom stereocenters. The van der Waals surface area contributed by atoms with Crippen molar-refractivity contribution >= 4 is 5.69 Å². The average molecular weight is 288 g/mol. The third-order valence-electron chi connectivity index (χ3n) is 5.17. The van der Waals surface area contributed by atoms with Crippen molar-refractivity contribution in [2.24, 2.45) is 0 Å². The molecule has 3 unspecified atom stereocenters. The highest BCUT2D eigenvalue weighted by molar-refractivity contribution is 5.54. The highest BCUT2D eigenvalue weighted by Crippen LogP contribution is 2.40. The van der Waals surface area contributed by atoms with Crippen molar-refractivity contribution in [2.45, 2.75) is 70.2 Å². The summed E-state index contributed by atoms with van der Waals surface area (Å²) in [7, 11) is 2.10. The first-order valence-corrected chi connectivity index (χ1v) is 8.43. The number of nitrogens with zero attached hydrogens (tertiary/aromatic N) is 1. The van der Waals surface area contributed by atoms with Crippen LogP contribution in [0.3, 0.4) is 0 Å². The molecule has 2 aliphatic rings. The Morgan fingerprint density at radius 1 is 1.29 bits per heavy atom. The van der Waals surface area contributed by atoms with Gasteiger partial charge in [0.05, 0.1) is 6.10 Å². The Kier molecular flexibility index (Phi) is 4.39. The molecule has 3 heteroatoms. The Morgan fingerprint density at radius 2 is 2.00 bits per heavy atom. The smallest absolute Gasteiger partial charge is 0.121 e. The zero-order valence-corrected chi connectivity index (χ0v) is 13.5. The minimum Gasteiger partial charge on any atom is -0.491 e. The van der Waals surface area contributed by atoms with Crippen LogP contribution in [0.1, 0.15) is 46.0 Å². The van der Waals surface area contributed by atoms with Crippen molar-refractivity contribution in [3.63, 3.8) is 0 Å². The molecule has 1 aromatic rings. The molecule has 1 N–H and O–H groups in total. The fourth-order valence-corrected chi connectivity index (χ4v) is 3.87. The van der Waals surface area contributed by atoms with Crippen LogP contribution in [-0.4, -0.2) is 31.3 Å². The number of nitrogens with one attached hydrogen (secondary N) is 1.